The molecule has 39 heavy (non-hydrogen) atoms. The average molecular weight is 547 g/mol. The summed E-state index contributed by atoms with van der Waals surface area (Å²) in [6.45, 7) is 7.85. The first-order chi connectivity index (χ1) is 19.1. The molecule has 1 N–H and O–H groups in total. The van der Waals surface area contributed by atoms with Crippen LogP contribution in [0, 0.1) is 0 Å². The number of piperazine rings is 1. The summed E-state index contributed by atoms with van der Waals surface area (Å²) in [6, 6.07) is 12.3. The van der Waals surface area contributed by atoms with Gasteiger partial charge in [-0.15, -0.1) is 0 Å². The van der Waals surface area contributed by atoms with E-state index in [9.17, 15) is 9.59 Å². The van der Waals surface area contributed by atoms with E-state index in [1.807, 2.05) is 12.3 Å². The van der Waals surface area contributed by atoms with Crippen molar-refractivity contribution in [1.82, 2.24) is 24.8 Å². The number of thioether (sulfide) groups is 1. The Balaban J connectivity index is 1.14. The maximum absolute atomic E-state index is 11.9. The molecule has 0 spiro atoms. The summed E-state index contributed by atoms with van der Waals surface area (Å²) in [5.41, 5.74) is 4.47. The Morgan fingerprint density at radius 3 is 2.31 bits per heavy atom. The van der Waals surface area contributed by atoms with Crippen molar-refractivity contribution in [2.75, 3.05) is 37.6 Å². The van der Waals surface area contributed by atoms with Gasteiger partial charge in [0.05, 0.1) is 22.5 Å². The van der Waals surface area contributed by atoms with Gasteiger partial charge < -0.3 is 4.90 Å². The van der Waals surface area contributed by atoms with Gasteiger partial charge >= 0.3 is 0 Å². The maximum Gasteiger partial charge on any atom is 0.290 e. The Morgan fingerprint density at radius 1 is 0.897 bits per heavy atom. The van der Waals surface area contributed by atoms with Gasteiger partial charge in [-0.2, -0.15) is 5.10 Å². The molecule has 0 bridgehead atoms. The maximum atomic E-state index is 11.9. The van der Waals surface area contributed by atoms with Crippen LogP contribution in [0.4, 0.5) is 10.5 Å². The standard InChI is InChI=1S/C30H38N6O2S/c1-2-3-4-5-6-7-8-9-16-34-17-19-35(20-18-34)25-13-10-23(11-14-25)26-22-31-28-15-12-24(33-36(26)28)21-27-29(37)32-30(38)39-27/h10-15,21-22H,2-9,16-20H2,1H3,(H,32,37,38)/b27-21-. The molecule has 2 amide bonds. The van der Waals surface area contributed by atoms with Gasteiger partial charge in [-0.3, -0.25) is 19.8 Å². The van der Waals surface area contributed by atoms with Gasteiger partial charge in [0, 0.05) is 37.4 Å². The highest BCUT2D eigenvalue weighted by Crippen LogP contribution is 2.27. The summed E-state index contributed by atoms with van der Waals surface area (Å²) < 4.78 is 1.78. The summed E-state index contributed by atoms with van der Waals surface area (Å²) in [4.78, 5) is 33.3. The van der Waals surface area contributed by atoms with Crippen LogP contribution in [0.3, 0.4) is 0 Å². The van der Waals surface area contributed by atoms with Crippen LogP contribution >= 0.6 is 11.8 Å². The quantitative estimate of drug-likeness (QED) is 0.221. The number of hydrogen-bond donors (Lipinski definition) is 1. The third-order valence-electron chi connectivity index (χ3n) is 7.53. The van der Waals surface area contributed by atoms with Crippen molar-refractivity contribution in [3.8, 4) is 11.3 Å². The van der Waals surface area contributed by atoms with Crippen LogP contribution < -0.4 is 10.2 Å². The number of nitrogens with zero attached hydrogens (tertiary/aromatic N) is 5. The van der Waals surface area contributed by atoms with Gasteiger partial charge in [-0.05, 0) is 55.1 Å². The summed E-state index contributed by atoms with van der Waals surface area (Å²) in [7, 11) is 0. The van der Waals surface area contributed by atoms with Crippen LogP contribution in [-0.2, 0) is 4.79 Å². The average Bonchev–Trinajstić information content (AvgIpc) is 3.52. The van der Waals surface area contributed by atoms with Crippen molar-refractivity contribution in [2.45, 2.75) is 58.3 Å². The second-order valence-electron chi connectivity index (χ2n) is 10.4. The number of aromatic nitrogens is 3. The van der Waals surface area contributed by atoms with Gasteiger partial charge in [0.15, 0.2) is 5.65 Å². The minimum Gasteiger partial charge on any atom is -0.369 e. The molecule has 2 fully saturated rings. The highest BCUT2D eigenvalue weighted by molar-refractivity contribution is 8.18. The molecule has 0 atom stereocenters. The molecule has 0 radical (unpaired) electrons. The molecule has 9 heteroatoms. The second-order valence-corrected chi connectivity index (χ2v) is 11.4. The number of amides is 2. The molecule has 1 aromatic carbocycles. The van der Waals surface area contributed by atoms with E-state index >= 15 is 0 Å². The normalized spacial score (nSPS) is 17.5. The largest absolute Gasteiger partial charge is 0.369 e. The molecule has 5 rings (SSSR count). The van der Waals surface area contributed by atoms with E-state index < -0.39 is 0 Å². The SMILES string of the molecule is CCCCCCCCCCN1CCN(c2ccc(-c3cnc4ccc(/C=C5\SC(=O)NC5=O)nn34)cc2)CC1. The number of rotatable bonds is 12. The number of imidazole rings is 1. The third-order valence-corrected chi connectivity index (χ3v) is 8.34. The summed E-state index contributed by atoms with van der Waals surface area (Å²) in [6.07, 6.45) is 14.4. The second kappa shape index (κ2) is 13.3. The number of carbonyl (C=O) groups is 2. The van der Waals surface area contributed by atoms with Gasteiger partial charge in [-0.1, -0.05) is 64.0 Å². The van der Waals surface area contributed by atoms with Gasteiger partial charge in [0.25, 0.3) is 11.1 Å². The van der Waals surface area contributed by atoms with E-state index in [-0.39, 0.29) is 11.1 Å². The van der Waals surface area contributed by atoms with Crippen molar-refractivity contribution in [3.63, 3.8) is 0 Å². The Morgan fingerprint density at radius 2 is 1.62 bits per heavy atom. The Kier molecular flexibility index (Phi) is 9.32. The predicted molar refractivity (Wildman–Crippen MR) is 159 cm³/mol. The molecule has 0 unspecified atom stereocenters. The smallest absolute Gasteiger partial charge is 0.290 e. The lowest BCUT2D eigenvalue weighted by atomic mass is 10.1. The van der Waals surface area contributed by atoms with Crippen molar-refractivity contribution in [1.29, 1.82) is 0 Å². The lowest BCUT2D eigenvalue weighted by molar-refractivity contribution is -0.115. The van der Waals surface area contributed by atoms with Crippen molar-refractivity contribution in [3.05, 3.63) is 53.2 Å². The highest BCUT2D eigenvalue weighted by atomic mass is 32.2. The first-order valence-corrected chi connectivity index (χ1v) is 15.1. The molecular formula is C30H38N6O2S. The molecule has 2 aromatic heterocycles. The van der Waals surface area contributed by atoms with Gasteiger partial charge in [0.2, 0.25) is 0 Å². The molecule has 2 aliphatic rings. The van der Waals surface area contributed by atoms with Gasteiger partial charge in [0.1, 0.15) is 0 Å². The fourth-order valence-electron chi connectivity index (χ4n) is 5.26. The fourth-order valence-corrected chi connectivity index (χ4v) is 5.93. The minimum atomic E-state index is -0.387. The van der Waals surface area contributed by atoms with Crippen LogP contribution in [0.1, 0.15) is 64.0 Å². The van der Waals surface area contributed by atoms with E-state index in [0.29, 0.717) is 10.6 Å². The van der Waals surface area contributed by atoms with Crippen LogP contribution in [0.5, 0.6) is 0 Å². The third kappa shape index (κ3) is 7.08. The molecule has 206 valence electrons. The number of fused-ring (bicyclic) bond motifs is 1. The lowest BCUT2D eigenvalue weighted by Crippen LogP contribution is -2.46. The monoisotopic (exact) mass is 546 g/mol. The van der Waals surface area contributed by atoms with E-state index in [4.69, 9.17) is 0 Å². The molecule has 2 aliphatic heterocycles. The Hall–Kier alpha value is -3.17. The van der Waals surface area contributed by atoms with E-state index in [1.54, 1.807) is 16.7 Å². The first-order valence-electron chi connectivity index (χ1n) is 14.3. The van der Waals surface area contributed by atoms with Crippen LogP contribution in [0.15, 0.2) is 47.5 Å². The number of benzene rings is 1. The predicted octanol–water partition coefficient (Wildman–Crippen LogP) is 5.98. The number of hydrogen-bond acceptors (Lipinski definition) is 7. The molecule has 8 nitrogen and oxygen atoms in total. The molecule has 0 saturated carbocycles. The molecule has 4 heterocycles. The fraction of sp³-hybridized carbons (Fsp3) is 0.467. The summed E-state index contributed by atoms with van der Waals surface area (Å²) in [5.74, 6) is -0.387. The summed E-state index contributed by atoms with van der Waals surface area (Å²) in [5, 5.41) is 6.58. The van der Waals surface area contributed by atoms with Gasteiger partial charge in [-0.25, -0.2) is 9.50 Å². The van der Waals surface area contributed by atoms with Crippen molar-refractivity contribution in [2.24, 2.45) is 0 Å². The number of unbranched alkanes of at least 4 members (excludes halogenated alkanes) is 7. The molecular weight excluding hydrogens is 508 g/mol. The van der Waals surface area contributed by atoms with Crippen LogP contribution in [0.25, 0.3) is 23.0 Å². The van der Waals surface area contributed by atoms with Crippen LogP contribution in [-0.4, -0.2) is 63.4 Å². The zero-order chi connectivity index (χ0) is 27.0. The Labute approximate surface area is 234 Å². The van der Waals surface area contributed by atoms with E-state index in [0.717, 1.165) is 54.8 Å². The van der Waals surface area contributed by atoms with E-state index in [1.165, 1.54) is 63.6 Å². The number of anilines is 1. The van der Waals surface area contributed by atoms with Crippen LogP contribution in [0.2, 0.25) is 0 Å². The molecule has 0 aliphatic carbocycles. The minimum absolute atomic E-state index is 0.343. The number of nitrogens with one attached hydrogen (secondary N) is 1. The highest BCUT2D eigenvalue weighted by Gasteiger charge is 2.25. The van der Waals surface area contributed by atoms with Crippen molar-refractivity contribution < 1.29 is 9.59 Å². The topological polar surface area (TPSA) is 82.8 Å². The molecule has 2 saturated heterocycles. The summed E-state index contributed by atoms with van der Waals surface area (Å²) >= 11 is 0.889. The lowest BCUT2D eigenvalue weighted by Gasteiger charge is -2.36. The number of carbonyl (C=O) groups excluding carboxylic acids is 2. The van der Waals surface area contributed by atoms with E-state index in [2.05, 4.69) is 56.4 Å². The number of imide groups is 1. The Bertz CT molecular complexity index is 1310. The molecule has 3 aromatic rings. The zero-order valence-corrected chi connectivity index (χ0v) is 23.6. The van der Waals surface area contributed by atoms with Crippen molar-refractivity contribution >= 4 is 40.3 Å². The first kappa shape index (κ1) is 27.4. The zero-order valence-electron chi connectivity index (χ0n) is 22.8.